The molecule has 0 radical (unpaired) electrons. The van der Waals surface area contributed by atoms with Crippen molar-refractivity contribution in [3.63, 3.8) is 0 Å². The summed E-state index contributed by atoms with van der Waals surface area (Å²) in [5.41, 5.74) is 16.4. The molecule has 0 aromatic carbocycles. The van der Waals surface area contributed by atoms with Gasteiger partial charge in [-0.05, 0) is 31.6 Å². The topological polar surface area (TPSA) is 206 Å². The van der Waals surface area contributed by atoms with E-state index >= 15 is 0 Å². The molecule has 0 saturated carbocycles. The minimum Gasteiger partial charge on any atom is -0.480 e. The highest BCUT2D eigenvalue weighted by atomic mass is 32.1. The van der Waals surface area contributed by atoms with Crippen LogP contribution in [0.4, 0.5) is 0 Å². The summed E-state index contributed by atoms with van der Waals surface area (Å²) in [5.74, 6) is -3.00. The predicted octanol–water partition coefficient (Wildman–Crippen LogP) is -2.00. The van der Waals surface area contributed by atoms with Gasteiger partial charge >= 0.3 is 5.97 Å². The second-order valence-electron chi connectivity index (χ2n) is 8.06. The zero-order valence-corrected chi connectivity index (χ0v) is 19.4. The van der Waals surface area contributed by atoms with Crippen LogP contribution in [0.3, 0.4) is 0 Å². The Morgan fingerprint density at radius 3 is 2.41 bits per heavy atom. The molecule has 32 heavy (non-hydrogen) atoms. The van der Waals surface area contributed by atoms with Crippen molar-refractivity contribution < 1.29 is 24.3 Å². The molecule has 0 aromatic rings. The smallest absolute Gasteiger partial charge is 0.326 e. The summed E-state index contributed by atoms with van der Waals surface area (Å²) in [7, 11) is 0. The third kappa shape index (κ3) is 8.19. The Labute approximate surface area is 193 Å². The number of rotatable bonds is 12. The highest BCUT2D eigenvalue weighted by Crippen LogP contribution is 2.19. The number of amides is 3. The number of guanidine groups is 1. The molecule has 1 saturated heterocycles. The summed E-state index contributed by atoms with van der Waals surface area (Å²) in [6.07, 6.45) is 1.60. The van der Waals surface area contributed by atoms with E-state index in [4.69, 9.17) is 17.2 Å². The average Bonchev–Trinajstić information content (AvgIpc) is 3.21. The van der Waals surface area contributed by atoms with E-state index < -0.39 is 42.0 Å². The maximum Gasteiger partial charge on any atom is 0.326 e. The van der Waals surface area contributed by atoms with Crippen molar-refractivity contribution in [2.75, 3.05) is 18.8 Å². The number of nitrogens with two attached hydrogens (primary N) is 3. The number of carboxylic acids is 1. The molecular weight excluding hydrogens is 438 g/mol. The lowest BCUT2D eigenvalue weighted by molar-refractivity contribution is -0.144. The van der Waals surface area contributed by atoms with Crippen LogP contribution < -0.4 is 27.8 Å². The largest absolute Gasteiger partial charge is 0.480 e. The van der Waals surface area contributed by atoms with Crippen LogP contribution in [0.25, 0.3) is 0 Å². The van der Waals surface area contributed by atoms with Gasteiger partial charge in [0.05, 0.1) is 6.04 Å². The van der Waals surface area contributed by atoms with Crippen LogP contribution in [0.1, 0.15) is 39.5 Å². The summed E-state index contributed by atoms with van der Waals surface area (Å²) >= 11 is 4.04. The number of aliphatic carboxylic acids is 1. The predicted molar refractivity (Wildman–Crippen MR) is 123 cm³/mol. The molecule has 0 aliphatic carbocycles. The first-order valence-corrected chi connectivity index (χ1v) is 11.2. The monoisotopic (exact) mass is 473 g/mol. The van der Waals surface area contributed by atoms with Gasteiger partial charge in [0, 0.05) is 18.8 Å². The maximum atomic E-state index is 13.0. The van der Waals surface area contributed by atoms with E-state index in [1.165, 1.54) is 4.90 Å². The van der Waals surface area contributed by atoms with Crippen molar-refractivity contribution in [1.29, 1.82) is 0 Å². The average molecular weight is 474 g/mol. The van der Waals surface area contributed by atoms with Gasteiger partial charge in [-0.25, -0.2) is 4.79 Å². The Hall–Kier alpha value is -2.54. The third-order valence-electron chi connectivity index (χ3n) is 5.16. The summed E-state index contributed by atoms with van der Waals surface area (Å²) < 4.78 is 0. The molecule has 12 nitrogen and oxygen atoms in total. The second kappa shape index (κ2) is 13.1. The van der Waals surface area contributed by atoms with E-state index in [0.717, 1.165) is 0 Å². The zero-order chi connectivity index (χ0) is 24.4. The number of nitrogens with zero attached hydrogens (tertiary/aromatic N) is 2. The number of nitrogens with one attached hydrogen (secondary N) is 2. The molecule has 9 N–H and O–H groups in total. The van der Waals surface area contributed by atoms with E-state index in [1.54, 1.807) is 13.8 Å². The van der Waals surface area contributed by atoms with Crippen LogP contribution in [0.5, 0.6) is 0 Å². The van der Waals surface area contributed by atoms with Crippen molar-refractivity contribution in [1.82, 2.24) is 15.5 Å². The molecule has 1 fully saturated rings. The molecule has 3 amide bonds. The van der Waals surface area contributed by atoms with Gasteiger partial charge in [-0.3, -0.25) is 19.4 Å². The molecule has 0 spiro atoms. The van der Waals surface area contributed by atoms with Crippen LogP contribution in [0.2, 0.25) is 0 Å². The molecule has 4 atom stereocenters. The first kappa shape index (κ1) is 27.5. The van der Waals surface area contributed by atoms with Gasteiger partial charge in [0.2, 0.25) is 17.7 Å². The first-order chi connectivity index (χ1) is 15.0. The Bertz CT molecular complexity index is 714. The molecule has 0 aromatic heterocycles. The highest BCUT2D eigenvalue weighted by Gasteiger charge is 2.37. The number of likely N-dealkylation sites (tertiary alicyclic amines) is 1. The number of hydrogen-bond acceptors (Lipinski definition) is 7. The Morgan fingerprint density at radius 2 is 1.88 bits per heavy atom. The van der Waals surface area contributed by atoms with E-state index in [-0.39, 0.29) is 36.5 Å². The summed E-state index contributed by atoms with van der Waals surface area (Å²) in [6.45, 7) is 3.95. The van der Waals surface area contributed by atoms with E-state index in [0.29, 0.717) is 25.8 Å². The molecule has 1 aliphatic rings. The SMILES string of the molecule is CC(C)C(NC(=O)C(CCCN=C(N)N)NC(=O)C1CCCN1C(=O)C(N)CS)C(=O)O. The van der Waals surface area contributed by atoms with Gasteiger partial charge in [0.25, 0.3) is 0 Å². The second-order valence-corrected chi connectivity index (χ2v) is 8.42. The zero-order valence-electron chi connectivity index (χ0n) is 18.5. The van der Waals surface area contributed by atoms with Crippen LogP contribution in [-0.4, -0.2) is 82.7 Å². The summed E-state index contributed by atoms with van der Waals surface area (Å²) in [6, 6.07) is -3.72. The number of thiol groups is 1. The Balaban J connectivity index is 2.94. The van der Waals surface area contributed by atoms with Gasteiger partial charge in [0.15, 0.2) is 5.96 Å². The summed E-state index contributed by atoms with van der Waals surface area (Å²) in [4.78, 5) is 55.0. The Kier molecular flexibility index (Phi) is 11.3. The molecule has 13 heteroatoms. The molecule has 1 rings (SSSR count). The minimum atomic E-state index is -1.17. The van der Waals surface area contributed by atoms with Gasteiger partial charge in [-0.15, -0.1) is 0 Å². The fourth-order valence-electron chi connectivity index (χ4n) is 3.40. The van der Waals surface area contributed by atoms with Crippen molar-refractivity contribution >= 4 is 42.3 Å². The van der Waals surface area contributed by atoms with Gasteiger partial charge < -0.3 is 37.8 Å². The van der Waals surface area contributed by atoms with Gasteiger partial charge in [-0.1, -0.05) is 13.8 Å². The number of aliphatic imine (C=N–C) groups is 1. The highest BCUT2D eigenvalue weighted by molar-refractivity contribution is 7.80. The minimum absolute atomic E-state index is 0.0959. The van der Waals surface area contributed by atoms with Crippen molar-refractivity contribution in [2.45, 2.75) is 63.7 Å². The fraction of sp³-hybridized carbons (Fsp3) is 0.737. The Morgan fingerprint density at radius 1 is 1.22 bits per heavy atom. The molecule has 1 aliphatic heterocycles. The molecule has 4 unspecified atom stereocenters. The first-order valence-electron chi connectivity index (χ1n) is 10.5. The van der Waals surface area contributed by atoms with Crippen molar-refractivity contribution in [2.24, 2.45) is 28.1 Å². The van der Waals surface area contributed by atoms with E-state index in [9.17, 15) is 24.3 Å². The number of carbonyl (C=O) groups is 4. The third-order valence-corrected chi connectivity index (χ3v) is 5.55. The molecule has 1 heterocycles. The van der Waals surface area contributed by atoms with Crippen LogP contribution >= 0.6 is 12.6 Å². The summed E-state index contributed by atoms with van der Waals surface area (Å²) in [5, 5.41) is 14.5. The number of hydrogen-bond donors (Lipinski definition) is 7. The van der Waals surface area contributed by atoms with Crippen LogP contribution in [0, 0.1) is 5.92 Å². The normalized spacial score (nSPS) is 18.5. The van der Waals surface area contributed by atoms with Gasteiger partial charge in [-0.2, -0.15) is 12.6 Å². The lowest BCUT2D eigenvalue weighted by atomic mass is 10.0. The maximum absolute atomic E-state index is 13.0. The fourth-order valence-corrected chi connectivity index (χ4v) is 3.56. The lowest BCUT2D eigenvalue weighted by Gasteiger charge is -2.28. The quantitative estimate of drug-likeness (QED) is 0.0728. The van der Waals surface area contributed by atoms with Crippen LogP contribution in [-0.2, 0) is 19.2 Å². The molecule has 182 valence electrons. The van der Waals surface area contributed by atoms with Crippen molar-refractivity contribution in [3.8, 4) is 0 Å². The number of carboxylic acid groups (broad SMARTS) is 1. The lowest BCUT2D eigenvalue weighted by Crippen LogP contribution is -2.57. The number of carbonyl (C=O) groups excluding carboxylic acids is 3. The van der Waals surface area contributed by atoms with Gasteiger partial charge in [0.1, 0.15) is 18.1 Å². The molecule has 0 bridgehead atoms. The van der Waals surface area contributed by atoms with E-state index in [2.05, 4.69) is 28.3 Å². The van der Waals surface area contributed by atoms with E-state index in [1.807, 2.05) is 0 Å². The van der Waals surface area contributed by atoms with Crippen LogP contribution in [0.15, 0.2) is 4.99 Å². The standard InChI is InChI=1S/C19H35N7O5S/c1-10(2)14(18(30)31)25-15(27)12(5-3-7-23-19(21)22)24-16(28)13-6-4-8-26(13)17(29)11(20)9-32/h10-14,32H,3-9,20H2,1-2H3,(H,24,28)(H,25,27)(H,30,31)(H4,21,22,23). The molecular formula is C19H35N7O5S. The van der Waals surface area contributed by atoms with Crippen molar-refractivity contribution in [3.05, 3.63) is 0 Å².